The second-order valence-corrected chi connectivity index (χ2v) is 5.93. The third-order valence-electron chi connectivity index (χ3n) is 3.54. The number of rotatable bonds is 6. The van der Waals surface area contributed by atoms with E-state index in [2.05, 4.69) is 5.32 Å². The summed E-state index contributed by atoms with van der Waals surface area (Å²) in [5, 5.41) is 3.55. The van der Waals surface area contributed by atoms with Crippen LogP contribution in [0.1, 0.15) is 25.0 Å². The van der Waals surface area contributed by atoms with Crippen molar-refractivity contribution in [3.63, 3.8) is 0 Å². The average Bonchev–Trinajstić information content (AvgIpc) is 2.54. The van der Waals surface area contributed by atoms with E-state index < -0.39 is 6.10 Å². The molecule has 2 aromatic rings. The van der Waals surface area contributed by atoms with E-state index in [9.17, 15) is 4.79 Å². The van der Waals surface area contributed by atoms with Crippen LogP contribution in [0.25, 0.3) is 0 Å². The van der Waals surface area contributed by atoms with Gasteiger partial charge in [-0.15, -0.1) is 0 Å². The number of nitrogens with one attached hydrogen (secondary N) is 1. The Hall–Kier alpha value is -2.20. The van der Waals surface area contributed by atoms with E-state index in [1.807, 2.05) is 51.1 Å². The maximum Gasteiger partial charge on any atom is 0.265 e. The van der Waals surface area contributed by atoms with Crippen molar-refractivity contribution >= 4 is 23.2 Å². The van der Waals surface area contributed by atoms with Crippen LogP contribution in [0.3, 0.4) is 0 Å². The molecule has 0 fully saturated rings. The third kappa shape index (κ3) is 4.42. The lowest BCUT2D eigenvalue weighted by Crippen LogP contribution is -2.30. The van der Waals surface area contributed by atoms with Crippen molar-refractivity contribution in [3.8, 4) is 11.5 Å². The van der Waals surface area contributed by atoms with Crippen molar-refractivity contribution in [3.05, 3.63) is 52.5 Å². The highest BCUT2D eigenvalue weighted by molar-refractivity contribution is 6.32. The Bertz CT molecular complexity index is 707. The zero-order valence-electron chi connectivity index (χ0n) is 14.4. The molecular weight excluding hydrogens is 326 g/mol. The molecular formula is C19H22ClNO3. The molecule has 2 rings (SSSR count). The highest BCUT2D eigenvalue weighted by Crippen LogP contribution is 2.27. The molecule has 1 N–H and O–H groups in total. The molecule has 0 radical (unpaired) electrons. The standard InChI is InChI=1S/C19H22ClNO3/c1-5-23-17-9-7-6-8-16(17)21-19(22)14(4)24-15-10-12(2)18(20)13(3)11-15/h6-11,14H,5H2,1-4H3,(H,21,22)/t14-/m0/s1. The van der Waals surface area contributed by atoms with Crippen molar-refractivity contribution in [2.75, 3.05) is 11.9 Å². The Kier molecular flexibility index (Phi) is 6.10. The number of hydrogen-bond acceptors (Lipinski definition) is 3. The molecule has 5 heteroatoms. The Morgan fingerprint density at radius 3 is 2.46 bits per heavy atom. The minimum atomic E-state index is -0.653. The fourth-order valence-electron chi connectivity index (χ4n) is 2.32. The van der Waals surface area contributed by atoms with Gasteiger partial charge in [0, 0.05) is 5.02 Å². The lowest BCUT2D eigenvalue weighted by molar-refractivity contribution is -0.122. The van der Waals surface area contributed by atoms with Crippen molar-refractivity contribution in [2.24, 2.45) is 0 Å². The van der Waals surface area contributed by atoms with Crippen LogP contribution in [-0.4, -0.2) is 18.6 Å². The first kappa shape index (κ1) is 18.1. The summed E-state index contributed by atoms with van der Waals surface area (Å²) in [7, 11) is 0. The van der Waals surface area contributed by atoms with Gasteiger partial charge in [0.25, 0.3) is 5.91 Å². The second kappa shape index (κ2) is 8.06. The fourth-order valence-corrected chi connectivity index (χ4v) is 2.43. The first-order valence-corrected chi connectivity index (χ1v) is 8.26. The summed E-state index contributed by atoms with van der Waals surface area (Å²) in [6, 6.07) is 11.0. The molecule has 24 heavy (non-hydrogen) atoms. The molecule has 0 spiro atoms. The molecule has 0 aliphatic heterocycles. The van der Waals surface area contributed by atoms with Crippen LogP contribution < -0.4 is 14.8 Å². The molecule has 0 aliphatic carbocycles. The van der Waals surface area contributed by atoms with E-state index in [-0.39, 0.29) is 5.91 Å². The van der Waals surface area contributed by atoms with Crippen molar-refractivity contribution in [2.45, 2.75) is 33.8 Å². The molecule has 0 saturated carbocycles. The van der Waals surface area contributed by atoms with E-state index >= 15 is 0 Å². The van der Waals surface area contributed by atoms with E-state index in [1.165, 1.54) is 0 Å². The average molecular weight is 348 g/mol. The number of anilines is 1. The number of para-hydroxylation sites is 2. The quantitative estimate of drug-likeness (QED) is 0.819. The first-order chi connectivity index (χ1) is 11.4. The third-order valence-corrected chi connectivity index (χ3v) is 4.13. The Morgan fingerprint density at radius 1 is 1.21 bits per heavy atom. The normalized spacial score (nSPS) is 11.7. The number of hydrogen-bond donors (Lipinski definition) is 1. The highest BCUT2D eigenvalue weighted by atomic mass is 35.5. The van der Waals surface area contributed by atoms with Gasteiger partial charge in [-0.25, -0.2) is 0 Å². The molecule has 1 amide bonds. The minimum absolute atomic E-state index is 0.243. The number of aryl methyl sites for hydroxylation is 2. The molecule has 1 atom stereocenters. The van der Waals surface area contributed by atoms with E-state index in [0.29, 0.717) is 28.8 Å². The minimum Gasteiger partial charge on any atom is -0.492 e. The molecule has 0 heterocycles. The highest BCUT2D eigenvalue weighted by Gasteiger charge is 2.17. The number of ether oxygens (including phenoxy) is 2. The number of carbonyl (C=O) groups excluding carboxylic acids is 1. The summed E-state index contributed by atoms with van der Waals surface area (Å²) < 4.78 is 11.3. The van der Waals surface area contributed by atoms with Crippen LogP contribution in [0.15, 0.2) is 36.4 Å². The Balaban J connectivity index is 2.08. The van der Waals surface area contributed by atoms with Gasteiger partial charge in [0.05, 0.1) is 12.3 Å². The van der Waals surface area contributed by atoms with Crippen LogP contribution in [0.4, 0.5) is 5.69 Å². The van der Waals surface area contributed by atoms with Gasteiger partial charge in [0.1, 0.15) is 11.5 Å². The largest absolute Gasteiger partial charge is 0.492 e. The zero-order valence-corrected chi connectivity index (χ0v) is 15.1. The van der Waals surface area contributed by atoms with Crippen LogP contribution in [-0.2, 0) is 4.79 Å². The van der Waals surface area contributed by atoms with Gasteiger partial charge in [0.2, 0.25) is 0 Å². The van der Waals surface area contributed by atoms with E-state index in [0.717, 1.165) is 11.1 Å². The van der Waals surface area contributed by atoms with Gasteiger partial charge in [-0.1, -0.05) is 23.7 Å². The van der Waals surface area contributed by atoms with Gasteiger partial charge in [-0.3, -0.25) is 4.79 Å². The first-order valence-electron chi connectivity index (χ1n) is 7.88. The molecule has 0 bridgehead atoms. The molecule has 0 aromatic heterocycles. The maximum absolute atomic E-state index is 12.4. The molecule has 2 aromatic carbocycles. The SMILES string of the molecule is CCOc1ccccc1NC(=O)[C@H](C)Oc1cc(C)c(Cl)c(C)c1. The van der Waals surface area contributed by atoms with Gasteiger partial charge >= 0.3 is 0 Å². The van der Waals surface area contributed by atoms with Crippen LogP contribution in [0.5, 0.6) is 11.5 Å². The smallest absolute Gasteiger partial charge is 0.265 e. The number of benzene rings is 2. The van der Waals surface area contributed by atoms with E-state index in [4.69, 9.17) is 21.1 Å². The monoisotopic (exact) mass is 347 g/mol. The molecule has 0 aliphatic rings. The maximum atomic E-state index is 12.4. The molecule has 4 nitrogen and oxygen atoms in total. The molecule has 0 saturated heterocycles. The predicted octanol–water partition coefficient (Wildman–Crippen LogP) is 4.76. The van der Waals surface area contributed by atoms with Gasteiger partial charge in [-0.05, 0) is 63.1 Å². The number of halogens is 1. The summed E-state index contributed by atoms with van der Waals surface area (Å²) in [6.45, 7) is 7.95. The van der Waals surface area contributed by atoms with Crippen molar-refractivity contribution in [1.29, 1.82) is 0 Å². The molecule has 128 valence electrons. The summed E-state index contributed by atoms with van der Waals surface area (Å²) in [5.41, 5.74) is 2.46. The zero-order chi connectivity index (χ0) is 17.7. The summed E-state index contributed by atoms with van der Waals surface area (Å²) >= 11 is 6.15. The van der Waals surface area contributed by atoms with Gasteiger partial charge in [0.15, 0.2) is 6.10 Å². The Labute approximate surface area is 147 Å². The molecule has 0 unspecified atom stereocenters. The summed E-state index contributed by atoms with van der Waals surface area (Å²) in [6.07, 6.45) is -0.653. The lowest BCUT2D eigenvalue weighted by atomic mass is 10.1. The van der Waals surface area contributed by atoms with E-state index in [1.54, 1.807) is 13.0 Å². The lowest BCUT2D eigenvalue weighted by Gasteiger charge is -2.17. The number of carbonyl (C=O) groups is 1. The van der Waals surface area contributed by atoms with Crippen molar-refractivity contribution in [1.82, 2.24) is 0 Å². The van der Waals surface area contributed by atoms with Crippen LogP contribution in [0.2, 0.25) is 5.02 Å². The van der Waals surface area contributed by atoms with Crippen LogP contribution in [0, 0.1) is 13.8 Å². The Morgan fingerprint density at radius 2 is 1.83 bits per heavy atom. The van der Waals surface area contributed by atoms with Gasteiger partial charge in [-0.2, -0.15) is 0 Å². The summed E-state index contributed by atoms with van der Waals surface area (Å²) in [5.74, 6) is 1.02. The van der Waals surface area contributed by atoms with Gasteiger partial charge < -0.3 is 14.8 Å². The fraction of sp³-hybridized carbons (Fsp3) is 0.316. The van der Waals surface area contributed by atoms with Crippen molar-refractivity contribution < 1.29 is 14.3 Å². The number of amides is 1. The predicted molar refractivity (Wildman–Crippen MR) is 97.3 cm³/mol. The topological polar surface area (TPSA) is 47.6 Å². The van der Waals surface area contributed by atoms with Crippen LogP contribution >= 0.6 is 11.6 Å². The summed E-state index contributed by atoms with van der Waals surface area (Å²) in [4.78, 5) is 12.4. The second-order valence-electron chi connectivity index (χ2n) is 5.55.